The first-order chi connectivity index (χ1) is 9.25. The Hall–Kier alpha value is -1.62. The van der Waals surface area contributed by atoms with Crippen LogP contribution >= 0.6 is 0 Å². The standard InChI is InChI=1S/C14H19FN2O2/c15-12-3-1-2-4-13(12)19-10-14(18)17-8-6-11-5-7-16-9-11/h1-4,11,16H,5-10H2,(H,17,18). The van der Waals surface area contributed by atoms with Crippen molar-refractivity contribution in [1.29, 1.82) is 0 Å². The van der Waals surface area contributed by atoms with Crippen molar-refractivity contribution in [3.63, 3.8) is 0 Å². The minimum absolute atomic E-state index is 0.109. The number of halogens is 1. The van der Waals surface area contributed by atoms with Crippen molar-refractivity contribution in [1.82, 2.24) is 10.6 Å². The van der Waals surface area contributed by atoms with Crippen LogP contribution in [0.1, 0.15) is 12.8 Å². The number of hydrogen-bond donors (Lipinski definition) is 2. The minimum atomic E-state index is -0.452. The summed E-state index contributed by atoms with van der Waals surface area (Å²) in [6.45, 7) is 2.59. The fraction of sp³-hybridized carbons (Fsp3) is 0.500. The van der Waals surface area contributed by atoms with Crippen molar-refractivity contribution in [3.05, 3.63) is 30.1 Å². The van der Waals surface area contributed by atoms with Gasteiger partial charge in [0, 0.05) is 6.54 Å². The van der Waals surface area contributed by atoms with Crippen molar-refractivity contribution in [2.75, 3.05) is 26.2 Å². The molecule has 1 fully saturated rings. The zero-order valence-corrected chi connectivity index (χ0v) is 10.8. The zero-order valence-electron chi connectivity index (χ0n) is 10.8. The van der Waals surface area contributed by atoms with E-state index in [4.69, 9.17) is 4.74 Å². The maximum atomic E-state index is 13.2. The molecule has 19 heavy (non-hydrogen) atoms. The number of nitrogens with one attached hydrogen (secondary N) is 2. The van der Waals surface area contributed by atoms with Crippen molar-refractivity contribution in [3.8, 4) is 5.75 Å². The molecule has 0 aromatic heterocycles. The predicted molar refractivity (Wildman–Crippen MR) is 70.5 cm³/mol. The largest absolute Gasteiger partial charge is 0.481 e. The maximum Gasteiger partial charge on any atom is 0.257 e. The van der Waals surface area contributed by atoms with Crippen LogP contribution in [0.4, 0.5) is 4.39 Å². The van der Waals surface area contributed by atoms with E-state index in [1.807, 2.05) is 0 Å². The molecular formula is C14H19FN2O2. The lowest BCUT2D eigenvalue weighted by atomic mass is 10.1. The molecule has 1 amide bonds. The zero-order chi connectivity index (χ0) is 13.5. The Morgan fingerprint density at radius 1 is 1.47 bits per heavy atom. The molecule has 1 atom stereocenters. The highest BCUT2D eigenvalue weighted by Gasteiger charge is 2.14. The van der Waals surface area contributed by atoms with Gasteiger partial charge in [0.25, 0.3) is 5.91 Å². The molecule has 1 aliphatic rings. The minimum Gasteiger partial charge on any atom is -0.481 e. The van der Waals surface area contributed by atoms with Gasteiger partial charge in [0.15, 0.2) is 18.2 Å². The average molecular weight is 266 g/mol. The molecular weight excluding hydrogens is 247 g/mol. The Morgan fingerprint density at radius 3 is 3.05 bits per heavy atom. The van der Waals surface area contributed by atoms with Crippen LogP contribution in [0.2, 0.25) is 0 Å². The van der Waals surface area contributed by atoms with Gasteiger partial charge in [-0.1, -0.05) is 12.1 Å². The highest BCUT2D eigenvalue weighted by Crippen LogP contribution is 2.15. The second kappa shape index (κ2) is 7.09. The normalized spacial score (nSPS) is 18.3. The number of rotatable bonds is 6. The van der Waals surface area contributed by atoms with E-state index in [0.717, 1.165) is 19.5 Å². The summed E-state index contributed by atoms with van der Waals surface area (Å²) in [5.41, 5.74) is 0. The van der Waals surface area contributed by atoms with E-state index in [-0.39, 0.29) is 18.3 Å². The Kier molecular flexibility index (Phi) is 5.15. The first kappa shape index (κ1) is 13.8. The molecule has 1 aliphatic heterocycles. The number of amides is 1. The van der Waals surface area contributed by atoms with Gasteiger partial charge in [-0.15, -0.1) is 0 Å². The quantitative estimate of drug-likeness (QED) is 0.816. The summed E-state index contributed by atoms with van der Waals surface area (Å²) in [5.74, 6) is 0.0898. The van der Waals surface area contributed by atoms with Crippen LogP contribution in [-0.4, -0.2) is 32.1 Å². The van der Waals surface area contributed by atoms with E-state index in [9.17, 15) is 9.18 Å². The summed E-state index contributed by atoms with van der Waals surface area (Å²) in [4.78, 5) is 11.5. The van der Waals surface area contributed by atoms with Crippen molar-refractivity contribution in [2.45, 2.75) is 12.8 Å². The Labute approximate surface area is 112 Å². The van der Waals surface area contributed by atoms with E-state index in [0.29, 0.717) is 12.5 Å². The van der Waals surface area contributed by atoms with Crippen LogP contribution in [0.5, 0.6) is 5.75 Å². The third kappa shape index (κ3) is 4.52. The van der Waals surface area contributed by atoms with Crippen LogP contribution in [0.25, 0.3) is 0 Å². The summed E-state index contributed by atoms with van der Waals surface area (Å²) in [7, 11) is 0. The smallest absolute Gasteiger partial charge is 0.257 e. The van der Waals surface area contributed by atoms with Gasteiger partial charge in [0.1, 0.15) is 0 Å². The first-order valence-corrected chi connectivity index (χ1v) is 6.60. The van der Waals surface area contributed by atoms with Gasteiger partial charge in [-0.05, 0) is 44.0 Å². The molecule has 5 heteroatoms. The van der Waals surface area contributed by atoms with Gasteiger partial charge in [-0.2, -0.15) is 0 Å². The second-order valence-electron chi connectivity index (χ2n) is 4.72. The molecule has 1 aromatic rings. The van der Waals surface area contributed by atoms with Crippen molar-refractivity contribution < 1.29 is 13.9 Å². The van der Waals surface area contributed by atoms with Gasteiger partial charge in [-0.3, -0.25) is 4.79 Å². The topological polar surface area (TPSA) is 50.4 Å². The molecule has 4 nitrogen and oxygen atoms in total. The lowest BCUT2D eigenvalue weighted by molar-refractivity contribution is -0.123. The molecule has 1 heterocycles. The van der Waals surface area contributed by atoms with Crippen molar-refractivity contribution in [2.24, 2.45) is 5.92 Å². The molecule has 1 unspecified atom stereocenters. The SMILES string of the molecule is O=C(COc1ccccc1F)NCCC1CCNC1. The highest BCUT2D eigenvalue weighted by atomic mass is 19.1. The van der Waals surface area contributed by atoms with Gasteiger partial charge in [-0.25, -0.2) is 4.39 Å². The second-order valence-corrected chi connectivity index (χ2v) is 4.72. The molecule has 0 spiro atoms. The summed E-state index contributed by atoms with van der Waals surface area (Å²) >= 11 is 0. The molecule has 2 N–H and O–H groups in total. The fourth-order valence-electron chi connectivity index (χ4n) is 2.13. The number of ether oxygens (including phenoxy) is 1. The van der Waals surface area contributed by atoms with Crippen LogP contribution in [0.3, 0.4) is 0 Å². The van der Waals surface area contributed by atoms with Gasteiger partial charge < -0.3 is 15.4 Å². The lowest BCUT2D eigenvalue weighted by Gasteiger charge is -2.10. The number of benzene rings is 1. The van der Waals surface area contributed by atoms with E-state index < -0.39 is 5.82 Å². The third-order valence-electron chi connectivity index (χ3n) is 3.23. The number of hydrogen-bond acceptors (Lipinski definition) is 3. The van der Waals surface area contributed by atoms with E-state index in [1.54, 1.807) is 12.1 Å². The number of carbonyl (C=O) groups is 1. The molecule has 1 aromatic carbocycles. The lowest BCUT2D eigenvalue weighted by Crippen LogP contribution is -2.31. The first-order valence-electron chi connectivity index (χ1n) is 6.60. The van der Waals surface area contributed by atoms with E-state index >= 15 is 0 Å². The Bertz CT molecular complexity index is 420. The summed E-state index contributed by atoms with van der Waals surface area (Å²) < 4.78 is 18.4. The average Bonchev–Trinajstić information content (AvgIpc) is 2.91. The van der Waals surface area contributed by atoms with Gasteiger partial charge >= 0.3 is 0 Å². The highest BCUT2D eigenvalue weighted by molar-refractivity contribution is 5.77. The van der Waals surface area contributed by atoms with Crippen LogP contribution in [-0.2, 0) is 4.79 Å². The predicted octanol–water partition coefficient (Wildman–Crippen LogP) is 1.32. The number of para-hydroxylation sites is 1. The summed E-state index contributed by atoms with van der Waals surface area (Å²) in [6.07, 6.45) is 2.14. The van der Waals surface area contributed by atoms with E-state index in [2.05, 4.69) is 10.6 Å². The van der Waals surface area contributed by atoms with Gasteiger partial charge in [0.2, 0.25) is 0 Å². The number of carbonyl (C=O) groups excluding carboxylic acids is 1. The Morgan fingerprint density at radius 2 is 2.32 bits per heavy atom. The summed E-state index contributed by atoms with van der Waals surface area (Å²) in [5, 5.41) is 6.07. The molecule has 2 rings (SSSR count). The van der Waals surface area contributed by atoms with Crippen LogP contribution < -0.4 is 15.4 Å². The fourth-order valence-corrected chi connectivity index (χ4v) is 2.13. The molecule has 0 aliphatic carbocycles. The molecule has 104 valence electrons. The summed E-state index contributed by atoms with van der Waals surface area (Å²) in [6, 6.07) is 6.06. The molecule has 0 saturated carbocycles. The maximum absolute atomic E-state index is 13.2. The van der Waals surface area contributed by atoms with Crippen molar-refractivity contribution >= 4 is 5.91 Å². The molecule has 0 radical (unpaired) electrons. The molecule has 0 bridgehead atoms. The van der Waals surface area contributed by atoms with Gasteiger partial charge in [0.05, 0.1) is 0 Å². The Balaban J connectivity index is 1.63. The monoisotopic (exact) mass is 266 g/mol. The molecule has 1 saturated heterocycles. The third-order valence-corrected chi connectivity index (χ3v) is 3.23. The van der Waals surface area contributed by atoms with Crippen LogP contribution in [0, 0.1) is 11.7 Å². The van der Waals surface area contributed by atoms with Crippen LogP contribution in [0.15, 0.2) is 24.3 Å². The van der Waals surface area contributed by atoms with E-state index in [1.165, 1.54) is 18.6 Å².